The number of pyridine rings is 1. The van der Waals surface area contributed by atoms with Crippen LogP contribution in [0.15, 0.2) is 41.2 Å². The average Bonchev–Trinajstić information content (AvgIpc) is 2.69. The molecule has 2 bridgehead atoms. The van der Waals surface area contributed by atoms with Crippen LogP contribution in [0, 0.1) is 19.8 Å². The lowest BCUT2D eigenvalue weighted by Gasteiger charge is -2.43. The molecule has 1 aromatic carbocycles. The van der Waals surface area contributed by atoms with Crippen molar-refractivity contribution in [2.45, 2.75) is 32.7 Å². The number of hydrogen-bond acceptors (Lipinski definition) is 4. The van der Waals surface area contributed by atoms with E-state index in [2.05, 4.69) is 23.2 Å². The minimum atomic E-state index is -0.0466. The lowest BCUT2D eigenvalue weighted by atomic mass is 9.83. The Morgan fingerprint density at radius 3 is 2.79 bits per heavy atom. The lowest BCUT2D eigenvalue weighted by Crippen LogP contribution is -2.48. The maximum Gasteiger partial charge on any atom is 0.250 e. The molecular weight excluding hydrogens is 402 g/mol. The van der Waals surface area contributed by atoms with Crippen molar-refractivity contribution in [3.05, 3.63) is 63.6 Å². The van der Waals surface area contributed by atoms with Gasteiger partial charge in [0.15, 0.2) is 0 Å². The number of piperidine rings is 1. The summed E-state index contributed by atoms with van der Waals surface area (Å²) >= 11 is 7.06. The summed E-state index contributed by atoms with van der Waals surface area (Å²) in [4.78, 5) is 26.7. The average molecular weight is 428 g/mol. The van der Waals surface area contributed by atoms with Crippen LogP contribution in [0.1, 0.15) is 29.2 Å². The predicted octanol–water partition coefficient (Wildman–Crippen LogP) is 3.54. The van der Waals surface area contributed by atoms with Crippen LogP contribution in [0.25, 0.3) is 0 Å². The fraction of sp³-hybridized carbons (Fsp3) is 0.409. The van der Waals surface area contributed by atoms with Crippen LogP contribution in [0.3, 0.4) is 0 Å². The van der Waals surface area contributed by atoms with Crippen LogP contribution in [-0.4, -0.2) is 38.5 Å². The van der Waals surface area contributed by atoms with Crippen molar-refractivity contribution in [3.63, 3.8) is 0 Å². The fourth-order valence-corrected chi connectivity index (χ4v) is 5.26. The Bertz CT molecular complexity index is 1020. The zero-order valence-electron chi connectivity index (χ0n) is 16.7. The van der Waals surface area contributed by atoms with E-state index in [0.29, 0.717) is 17.6 Å². The van der Waals surface area contributed by atoms with Gasteiger partial charge in [0.05, 0.1) is 5.75 Å². The summed E-state index contributed by atoms with van der Waals surface area (Å²) in [7, 11) is 0. The first-order chi connectivity index (χ1) is 13.9. The van der Waals surface area contributed by atoms with Crippen molar-refractivity contribution < 1.29 is 4.79 Å². The molecule has 4 rings (SSSR count). The Balaban J connectivity index is 1.34. The van der Waals surface area contributed by atoms with E-state index >= 15 is 0 Å². The fourth-order valence-electron chi connectivity index (χ4n) is 4.28. The van der Waals surface area contributed by atoms with E-state index in [1.807, 2.05) is 35.8 Å². The van der Waals surface area contributed by atoms with Crippen LogP contribution in [-0.2, 0) is 11.3 Å². The van der Waals surface area contributed by atoms with Crippen LogP contribution in [0.5, 0.6) is 0 Å². The number of hydrogen-bond donors (Lipinski definition) is 1. The molecule has 5 nitrogen and oxygen atoms in total. The van der Waals surface area contributed by atoms with E-state index in [0.717, 1.165) is 47.3 Å². The van der Waals surface area contributed by atoms with E-state index in [1.165, 1.54) is 17.3 Å². The number of amides is 1. The highest BCUT2D eigenvalue weighted by Gasteiger charge is 2.35. The third-order valence-electron chi connectivity index (χ3n) is 5.86. The first kappa shape index (κ1) is 20.2. The van der Waals surface area contributed by atoms with Crippen molar-refractivity contribution in [1.29, 1.82) is 0 Å². The van der Waals surface area contributed by atoms with Crippen LogP contribution in [0.2, 0.25) is 0 Å². The molecule has 0 spiro atoms. The third-order valence-corrected chi connectivity index (χ3v) is 7.38. The molecule has 1 amide bonds. The van der Waals surface area contributed by atoms with Crippen molar-refractivity contribution in [3.8, 4) is 0 Å². The maximum absolute atomic E-state index is 12.3. The van der Waals surface area contributed by atoms with E-state index in [-0.39, 0.29) is 11.5 Å². The Morgan fingerprint density at radius 1 is 1.17 bits per heavy atom. The first-order valence-electron chi connectivity index (χ1n) is 9.89. The maximum atomic E-state index is 12.3. The molecule has 2 aliphatic heterocycles. The van der Waals surface area contributed by atoms with Crippen molar-refractivity contribution in [2.24, 2.45) is 5.92 Å². The largest absolute Gasteiger partial charge is 0.356 e. The zero-order chi connectivity index (χ0) is 20.5. The number of carbonyl (C=O) groups is 1. The second kappa shape index (κ2) is 8.32. The van der Waals surface area contributed by atoms with E-state index < -0.39 is 0 Å². The number of fused-ring (bicyclic) bond motifs is 4. The van der Waals surface area contributed by atoms with Gasteiger partial charge in [0.1, 0.15) is 4.32 Å². The van der Waals surface area contributed by atoms with Crippen molar-refractivity contribution in [1.82, 2.24) is 9.47 Å². The number of rotatable bonds is 3. The number of thiocarbonyl (C=S) groups is 1. The topological polar surface area (TPSA) is 54.3 Å². The highest BCUT2D eigenvalue weighted by molar-refractivity contribution is 8.23. The van der Waals surface area contributed by atoms with Crippen LogP contribution >= 0.6 is 24.0 Å². The number of thioether (sulfide) groups is 1. The van der Waals surface area contributed by atoms with E-state index in [9.17, 15) is 9.59 Å². The van der Waals surface area contributed by atoms with Gasteiger partial charge in [-0.15, -0.1) is 0 Å². The number of anilines is 1. The molecule has 2 aliphatic rings. The zero-order valence-corrected chi connectivity index (χ0v) is 18.3. The summed E-state index contributed by atoms with van der Waals surface area (Å²) < 4.78 is 2.69. The third kappa shape index (κ3) is 4.41. The van der Waals surface area contributed by atoms with Gasteiger partial charge >= 0.3 is 0 Å². The van der Waals surface area contributed by atoms with E-state index in [1.54, 1.807) is 6.07 Å². The quantitative estimate of drug-likeness (QED) is 0.760. The SMILES string of the molecule is Cc1ccc(NC(=O)CSC(=S)N2C[C@H]3C[C@@H](C2)c2cccc(=O)n2C3)cc1C. The van der Waals surface area contributed by atoms with Gasteiger partial charge in [-0.1, -0.05) is 36.1 Å². The first-order valence-corrected chi connectivity index (χ1v) is 11.3. The van der Waals surface area contributed by atoms with Gasteiger partial charge in [-0.05, 0) is 55.5 Å². The second-order valence-electron chi connectivity index (χ2n) is 8.00. The Labute approximate surface area is 180 Å². The molecule has 1 aromatic heterocycles. The molecule has 3 heterocycles. The molecule has 0 saturated carbocycles. The van der Waals surface area contributed by atoms with Gasteiger partial charge < -0.3 is 14.8 Å². The lowest BCUT2D eigenvalue weighted by molar-refractivity contribution is -0.113. The standard InChI is InChI=1S/C22H25N3O2S2/c1-14-6-7-18(8-15(14)2)23-20(26)13-29-22(28)24-10-16-9-17(12-24)19-4-3-5-21(27)25(19)11-16/h3-8,16-17H,9-13H2,1-2H3,(H,23,26)/t16-,17+/m1/s1. The molecule has 152 valence electrons. The molecule has 1 N–H and O–H groups in total. The Hall–Kier alpha value is -2.12. The Morgan fingerprint density at radius 2 is 2.00 bits per heavy atom. The summed E-state index contributed by atoms with van der Waals surface area (Å²) in [5, 5.41) is 2.95. The highest BCUT2D eigenvalue weighted by atomic mass is 32.2. The summed E-state index contributed by atoms with van der Waals surface area (Å²) in [6, 6.07) is 11.5. The molecule has 29 heavy (non-hydrogen) atoms. The van der Waals surface area contributed by atoms with Crippen LogP contribution < -0.4 is 10.9 Å². The molecule has 7 heteroatoms. The molecule has 1 fully saturated rings. The van der Waals surface area contributed by atoms with Gasteiger partial charge in [0.25, 0.3) is 5.56 Å². The van der Waals surface area contributed by atoms with Crippen molar-refractivity contribution >= 4 is 39.9 Å². The molecular formula is C22H25N3O2S2. The number of carbonyl (C=O) groups excluding carboxylic acids is 1. The molecule has 0 aliphatic carbocycles. The monoisotopic (exact) mass is 427 g/mol. The minimum absolute atomic E-state index is 0.0466. The second-order valence-corrected chi connectivity index (χ2v) is 9.61. The van der Waals surface area contributed by atoms with Gasteiger partial charge in [0.2, 0.25) is 5.91 Å². The van der Waals surface area contributed by atoms with Gasteiger partial charge in [-0.2, -0.15) is 0 Å². The van der Waals surface area contributed by atoms with E-state index in [4.69, 9.17) is 12.2 Å². The normalized spacial score (nSPS) is 20.1. The smallest absolute Gasteiger partial charge is 0.250 e. The molecule has 0 unspecified atom stereocenters. The number of likely N-dealkylation sites (tertiary alicyclic amines) is 1. The summed E-state index contributed by atoms with van der Waals surface area (Å²) in [6.07, 6.45) is 1.10. The number of aryl methyl sites for hydroxylation is 2. The molecule has 2 aromatic rings. The summed E-state index contributed by atoms with van der Waals surface area (Å²) in [5.74, 6) is 0.992. The molecule has 2 atom stereocenters. The van der Waals surface area contributed by atoms with Gasteiger partial charge in [-0.25, -0.2) is 0 Å². The predicted molar refractivity (Wildman–Crippen MR) is 123 cm³/mol. The van der Waals surface area contributed by atoms with Gasteiger partial charge in [0, 0.05) is 43.0 Å². The molecule has 0 radical (unpaired) electrons. The number of aromatic nitrogens is 1. The Kier molecular flexibility index (Phi) is 5.79. The minimum Gasteiger partial charge on any atom is -0.356 e. The van der Waals surface area contributed by atoms with Crippen molar-refractivity contribution in [2.75, 3.05) is 24.2 Å². The van der Waals surface area contributed by atoms with Crippen LogP contribution in [0.4, 0.5) is 5.69 Å². The van der Waals surface area contributed by atoms with Gasteiger partial charge in [-0.3, -0.25) is 9.59 Å². The number of benzene rings is 1. The summed E-state index contributed by atoms with van der Waals surface area (Å²) in [6.45, 7) is 6.50. The highest BCUT2D eigenvalue weighted by Crippen LogP contribution is 2.36. The molecule has 1 saturated heterocycles. The summed E-state index contributed by atoms with van der Waals surface area (Å²) in [5.41, 5.74) is 4.38. The number of nitrogens with zero attached hydrogens (tertiary/aromatic N) is 2. The number of nitrogens with one attached hydrogen (secondary N) is 1.